The maximum absolute atomic E-state index is 6.17. The number of epoxide rings is 1. The van der Waals surface area contributed by atoms with Crippen molar-refractivity contribution in [3.8, 4) is 0 Å². The van der Waals surface area contributed by atoms with Crippen molar-refractivity contribution in [3.05, 3.63) is 48.4 Å². The monoisotopic (exact) mass is 365 g/mol. The number of hydrogen-bond acceptors (Lipinski definition) is 2. The topological polar surface area (TPSA) is 21.8 Å². The van der Waals surface area contributed by atoms with Crippen LogP contribution in [0, 0.1) is 13.0 Å². The third kappa shape index (κ3) is 4.17. The van der Waals surface area contributed by atoms with Crippen LogP contribution in [0.3, 0.4) is 0 Å². The van der Waals surface area contributed by atoms with Crippen LogP contribution in [0.1, 0.15) is 38.0 Å². The summed E-state index contributed by atoms with van der Waals surface area (Å²) in [5.41, 5.74) is 2.20. The Bertz CT molecular complexity index is 454. The molecule has 1 radical (unpaired) electrons. The molecule has 20 heavy (non-hydrogen) atoms. The second-order valence-corrected chi connectivity index (χ2v) is 11.5. The molecule has 0 amide bonds. The smallest absolute Gasteiger partial charge is 0.187 e. The van der Waals surface area contributed by atoms with Crippen molar-refractivity contribution in [1.82, 2.24) is 0 Å². The second kappa shape index (κ2) is 6.62. The van der Waals surface area contributed by atoms with Gasteiger partial charge < -0.3 is 9.16 Å². The molecule has 1 aliphatic rings. The molecular weight excluding hydrogens is 341 g/mol. The number of benzene rings is 1. The van der Waals surface area contributed by atoms with Gasteiger partial charge in [0.1, 0.15) is 0 Å². The Morgan fingerprint density at radius 3 is 2.45 bits per heavy atom. The van der Waals surface area contributed by atoms with E-state index in [0.717, 1.165) is 17.2 Å². The largest absolute Gasteiger partial charge is 0.573 e. The molecule has 1 heterocycles. The molecule has 1 aromatic rings. The number of rotatable bonds is 4. The van der Waals surface area contributed by atoms with Crippen molar-refractivity contribution in [2.45, 2.75) is 45.0 Å². The van der Waals surface area contributed by atoms with Gasteiger partial charge in [-0.2, -0.15) is 30.2 Å². The molecule has 2 rings (SSSR count). The van der Waals surface area contributed by atoms with Crippen LogP contribution in [0.4, 0.5) is 0 Å². The first kappa shape index (κ1) is 18.4. The first-order valence-corrected chi connectivity index (χ1v) is 9.70. The summed E-state index contributed by atoms with van der Waals surface area (Å²) in [5, 5.41) is 0.238. The average Bonchev–Trinajstić information content (AvgIpc) is 3.05. The molecule has 109 valence electrons. The van der Waals surface area contributed by atoms with Gasteiger partial charge in [0.15, 0.2) is 8.32 Å². The summed E-state index contributed by atoms with van der Waals surface area (Å²) in [6, 6.07) is 8.12. The predicted octanol–water partition coefficient (Wildman–Crippen LogP) is 4.49. The second-order valence-electron chi connectivity index (χ2n) is 6.71. The van der Waals surface area contributed by atoms with Crippen LogP contribution in [-0.4, -0.2) is 14.9 Å². The van der Waals surface area contributed by atoms with Crippen LogP contribution in [0.5, 0.6) is 0 Å². The minimum Gasteiger partial charge on any atom is -0.573 e. The minimum atomic E-state index is -1.69. The van der Waals surface area contributed by atoms with Crippen LogP contribution in [0.25, 0.3) is 0 Å². The summed E-state index contributed by atoms with van der Waals surface area (Å²) < 4.78 is 11.8. The Kier molecular flexibility index (Phi) is 6.08. The molecule has 0 bridgehead atoms. The maximum atomic E-state index is 6.17. The third-order valence-electron chi connectivity index (χ3n) is 4.22. The van der Waals surface area contributed by atoms with Gasteiger partial charge in [-0.15, -0.1) is 12.1 Å². The van der Waals surface area contributed by atoms with Gasteiger partial charge in [-0.3, -0.25) is 0 Å². The van der Waals surface area contributed by atoms with Gasteiger partial charge in [0.05, 0.1) is 0 Å². The number of hydrogen-bond donors (Lipinski definition) is 0. The molecule has 0 unspecified atom stereocenters. The van der Waals surface area contributed by atoms with Gasteiger partial charge in [0.25, 0.3) is 0 Å². The Labute approximate surface area is 149 Å². The quantitative estimate of drug-likeness (QED) is 0.445. The van der Waals surface area contributed by atoms with Gasteiger partial charge in [-0.25, -0.2) is 0 Å². The number of ether oxygens (including phenoxy) is 1. The summed E-state index contributed by atoms with van der Waals surface area (Å²) in [6.45, 7) is 15.9. The normalized spacial score (nSPS) is 19.6. The van der Waals surface area contributed by atoms with E-state index in [1.807, 2.05) is 18.2 Å². The van der Waals surface area contributed by atoms with E-state index >= 15 is 0 Å². The maximum Gasteiger partial charge on any atom is 0.187 e. The molecule has 0 N–H and O–H groups in total. The van der Waals surface area contributed by atoms with E-state index in [2.05, 4.69) is 46.9 Å². The molecule has 2 nitrogen and oxygen atoms in total. The zero-order valence-electron chi connectivity index (χ0n) is 13.2. The molecule has 0 saturated carbocycles. The van der Waals surface area contributed by atoms with Gasteiger partial charge in [-0.1, -0.05) is 39.5 Å². The summed E-state index contributed by atoms with van der Waals surface area (Å²) in [4.78, 5) is 0. The molecular formula is C16H24O2SiY-2. The molecule has 1 fully saturated rings. The van der Waals surface area contributed by atoms with Crippen molar-refractivity contribution in [2.75, 3.05) is 6.61 Å². The van der Waals surface area contributed by atoms with Crippen molar-refractivity contribution in [1.29, 1.82) is 0 Å². The fourth-order valence-corrected chi connectivity index (χ4v) is 2.66. The SMILES string of the molecule is [CH2-]c1ccccc1[C@@H]1O[C-]1CO[Si](C)(C)C(C)(C)C.[Y]. The van der Waals surface area contributed by atoms with Crippen LogP contribution >= 0.6 is 0 Å². The fourth-order valence-electron chi connectivity index (χ4n) is 1.72. The fraction of sp³-hybridized carbons (Fsp3) is 0.500. The molecule has 1 atom stereocenters. The molecule has 0 aromatic heterocycles. The molecule has 4 heteroatoms. The molecule has 0 aliphatic carbocycles. The van der Waals surface area contributed by atoms with E-state index in [-0.39, 0.29) is 43.9 Å². The first-order chi connectivity index (χ1) is 8.72. The zero-order chi connectivity index (χ0) is 14.3. The van der Waals surface area contributed by atoms with Crippen LogP contribution in [0.15, 0.2) is 24.3 Å². The van der Waals surface area contributed by atoms with Crippen molar-refractivity contribution in [3.63, 3.8) is 0 Å². The first-order valence-electron chi connectivity index (χ1n) is 6.79. The molecule has 1 aromatic carbocycles. The van der Waals surface area contributed by atoms with Crippen molar-refractivity contribution < 1.29 is 41.9 Å². The standard InChI is InChI=1S/C16H24O2Si.Y/c1-12-9-7-8-10-13(12)15-14(18-15)11-17-19(5,6)16(2,3)4;/h7-10,15H,1,11H2,2-6H3;/q-2;/t15-;/m0./s1. The van der Waals surface area contributed by atoms with Gasteiger partial charge >= 0.3 is 0 Å². The van der Waals surface area contributed by atoms with Crippen LogP contribution in [-0.2, 0) is 41.9 Å². The summed E-state index contributed by atoms with van der Waals surface area (Å²) in [5.74, 6) is 0. The van der Waals surface area contributed by atoms with Gasteiger partial charge in [-0.05, 0) is 18.1 Å². The molecule has 0 spiro atoms. The van der Waals surface area contributed by atoms with E-state index < -0.39 is 8.32 Å². The predicted molar refractivity (Wildman–Crippen MR) is 81.1 cm³/mol. The van der Waals surface area contributed by atoms with E-state index in [1.165, 1.54) is 0 Å². The Morgan fingerprint density at radius 2 is 1.90 bits per heavy atom. The Balaban J connectivity index is 0.00000200. The van der Waals surface area contributed by atoms with Crippen molar-refractivity contribution in [2.24, 2.45) is 0 Å². The Hall–Kier alpha value is 0.331. The van der Waals surface area contributed by atoms with Crippen LogP contribution < -0.4 is 0 Å². The zero-order valence-corrected chi connectivity index (χ0v) is 17.0. The van der Waals surface area contributed by atoms with Crippen LogP contribution in [0.2, 0.25) is 18.1 Å². The summed E-state index contributed by atoms with van der Waals surface area (Å²) in [7, 11) is -1.69. The van der Waals surface area contributed by atoms with E-state index in [9.17, 15) is 0 Å². The molecule has 1 saturated heterocycles. The van der Waals surface area contributed by atoms with Gasteiger partial charge in [0.2, 0.25) is 0 Å². The minimum absolute atomic E-state index is 0. The average molecular weight is 365 g/mol. The summed E-state index contributed by atoms with van der Waals surface area (Å²) in [6.07, 6.45) is 1.14. The Morgan fingerprint density at radius 1 is 1.30 bits per heavy atom. The van der Waals surface area contributed by atoms with E-state index in [1.54, 1.807) is 0 Å². The van der Waals surface area contributed by atoms with E-state index in [4.69, 9.17) is 9.16 Å². The van der Waals surface area contributed by atoms with Gasteiger partial charge in [0, 0.05) is 32.7 Å². The third-order valence-corrected chi connectivity index (χ3v) is 8.70. The van der Waals surface area contributed by atoms with Crippen molar-refractivity contribution >= 4 is 8.32 Å². The molecule has 1 aliphatic heterocycles. The van der Waals surface area contributed by atoms with E-state index in [0.29, 0.717) is 6.61 Å². The summed E-state index contributed by atoms with van der Waals surface area (Å²) >= 11 is 0.